The summed E-state index contributed by atoms with van der Waals surface area (Å²) in [4.78, 5) is 38.0. The number of carbonyl (C=O) groups excluding carboxylic acids is 1. The van der Waals surface area contributed by atoms with Crippen LogP contribution in [0.15, 0.2) is 46.0 Å². The average molecular weight is 366 g/mol. The molecule has 0 aliphatic rings. The van der Waals surface area contributed by atoms with Crippen LogP contribution in [0.4, 0.5) is 0 Å². The molecule has 6 nitrogen and oxygen atoms in total. The summed E-state index contributed by atoms with van der Waals surface area (Å²) in [6.07, 6.45) is 0. The van der Waals surface area contributed by atoms with Gasteiger partial charge in [0.1, 0.15) is 0 Å². The van der Waals surface area contributed by atoms with Crippen molar-refractivity contribution in [2.75, 3.05) is 6.61 Å². The Balaban J connectivity index is 2.36. The minimum Gasteiger partial charge on any atom is -0.462 e. The van der Waals surface area contributed by atoms with Crippen LogP contribution in [0.5, 0.6) is 0 Å². The summed E-state index contributed by atoms with van der Waals surface area (Å²) < 4.78 is 7.80. The van der Waals surface area contributed by atoms with Crippen molar-refractivity contribution in [1.29, 1.82) is 0 Å². The molecule has 0 amide bonds. The summed E-state index contributed by atoms with van der Waals surface area (Å²) in [5.74, 6) is -0.461. The highest BCUT2D eigenvalue weighted by molar-refractivity contribution is 5.99. The predicted molar refractivity (Wildman–Crippen MR) is 104 cm³/mol. The number of aromatic nitrogens is 2. The maximum Gasteiger partial charge on any atom is 0.338 e. The van der Waals surface area contributed by atoms with Gasteiger partial charge in [-0.25, -0.2) is 9.59 Å². The van der Waals surface area contributed by atoms with Crippen LogP contribution in [-0.4, -0.2) is 21.7 Å². The third kappa shape index (κ3) is 3.18. The molecule has 140 valence electrons. The Morgan fingerprint density at radius 1 is 1.11 bits per heavy atom. The van der Waals surface area contributed by atoms with Gasteiger partial charge in [0.2, 0.25) is 0 Å². The number of aryl methyl sites for hydroxylation is 2. The lowest BCUT2D eigenvalue weighted by Gasteiger charge is -2.17. The Hall–Kier alpha value is -3.15. The van der Waals surface area contributed by atoms with E-state index in [4.69, 9.17) is 4.74 Å². The Kier molecular flexibility index (Phi) is 4.99. The Labute approximate surface area is 156 Å². The Morgan fingerprint density at radius 3 is 2.41 bits per heavy atom. The van der Waals surface area contributed by atoms with Crippen molar-refractivity contribution in [2.45, 2.75) is 27.3 Å². The van der Waals surface area contributed by atoms with Gasteiger partial charge in [-0.15, -0.1) is 0 Å². The van der Waals surface area contributed by atoms with E-state index in [9.17, 15) is 14.4 Å². The molecule has 0 aliphatic carbocycles. The summed E-state index contributed by atoms with van der Waals surface area (Å²) in [6, 6.07) is 11.3. The summed E-state index contributed by atoms with van der Waals surface area (Å²) in [5, 5.41) is 0.363. The zero-order chi connectivity index (χ0) is 19.7. The molecule has 1 aromatic heterocycles. The van der Waals surface area contributed by atoms with E-state index >= 15 is 0 Å². The lowest BCUT2D eigenvalue weighted by Crippen LogP contribution is -2.39. The normalized spacial score (nSPS) is 11.0. The van der Waals surface area contributed by atoms with Crippen molar-refractivity contribution >= 4 is 16.9 Å². The molecule has 0 spiro atoms. The fourth-order valence-electron chi connectivity index (χ4n) is 3.42. The van der Waals surface area contributed by atoms with Gasteiger partial charge < -0.3 is 4.74 Å². The minimum absolute atomic E-state index is 0.251. The van der Waals surface area contributed by atoms with Crippen LogP contribution in [0.25, 0.3) is 10.9 Å². The van der Waals surface area contributed by atoms with E-state index in [2.05, 4.69) is 0 Å². The first-order valence-electron chi connectivity index (χ1n) is 8.81. The van der Waals surface area contributed by atoms with Crippen molar-refractivity contribution < 1.29 is 9.53 Å². The van der Waals surface area contributed by atoms with Gasteiger partial charge in [-0.3, -0.25) is 13.9 Å². The van der Waals surface area contributed by atoms with Gasteiger partial charge in [-0.2, -0.15) is 0 Å². The van der Waals surface area contributed by atoms with Crippen LogP contribution in [-0.2, 0) is 18.3 Å². The molecule has 27 heavy (non-hydrogen) atoms. The average Bonchev–Trinajstić information content (AvgIpc) is 2.64. The number of esters is 1. The van der Waals surface area contributed by atoms with Gasteiger partial charge in [-0.05, 0) is 43.5 Å². The molecule has 0 saturated carbocycles. The molecule has 6 heteroatoms. The Morgan fingerprint density at radius 2 is 1.78 bits per heavy atom. The van der Waals surface area contributed by atoms with Gasteiger partial charge in [0.05, 0.1) is 29.6 Å². The van der Waals surface area contributed by atoms with Crippen molar-refractivity contribution in [1.82, 2.24) is 9.13 Å². The molecular weight excluding hydrogens is 344 g/mol. The van der Waals surface area contributed by atoms with Crippen LogP contribution < -0.4 is 11.2 Å². The highest BCUT2D eigenvalue weighted by Crippen LogP contribution is 2.23. The highest BCUT2D eigenvalue weighted by atomic mass is 16.5. The number of ether oxygens (including phenoxy) is 1. The zero-order valence-electron chi connectivity index (χ0n) is 15.9. The van der Waals surface area contributed by atoms with Gasteiger partial charge in [-0.1, -0.05) is 30.3 Å². The summed E-state index contributed by atoms with van der Waals surface area (Å²) in [6.45, 7) is 5.83. The number of carbonyl (C=O) groups is 1. The fraction of sp³-hybridized carbons (Fsp3) is 0.286. The molecule has 0 aliphatic heterocycles. The minimum atomic E-state index is -0.461. The van der Waals surface area contributed by atoms with Crippen molar-refractivity contribution in [2.24, 2.45) is 7.05 Å². The molecule has 2 aromatic carbocycles. The summed E-state index contributed by atoms with van der Waals surface area (Å²) >= 11 is 0. The van der Waals surface area contributed by atoms with Crippen molar-refractivity contribution in [3.63, 3.8) is 0 Å². The van der Waals surface area contributed by atoms with E-state index in [1.165, 1.54) is 7.05 Å². The van der Waals surface area contributed by atoms with Crippen LogP contribution in [0.3, 0.4) is 0 Å². The standard InChI is InChI=1S/C21H22N2O4/c1-5-27-20(25)17-13(2)11-16-18(14(17)3)19(24)22(4)21(26)23(16)12-15-9-7-6-8-10-15/h6-11H,5,12H2,1-4H3. The first-order chi connectivity index (χ1) is 12.9. The fourth-order valence-corrected chi connectivity index (χ4v) is 3.42. The van der Waals surface area contributed by atoms with Gasteiger partial charge in [0, 0.05) is 7.05 Å². The van der Waals surface area contributed by atoms with Crippen molar-refractivity contribution in [3.8, 4) is 0 Å². The molecular formula is C21H22N2O4. The summed E-state index contributed by atoms with van der Waals surface area (Å²) in [5.41, 5.74) is 2.26. The second-order valence-electron chi connectivity index (χ2n) is 6.53. The quantitative estimate of drug-likeness (QED) is 0.666. The first-order valence-corrected chi connectivity index (χ1v) is 8.81. The number of nitrogens with zero attached hydrogens (tertiary/aromatic N) is 2. The molecule has 0 bridgehead atoms. The number of fused-ring (bicyclic) bond motifs is 1. The first kappa shape index (κ1) is 18.6. The monoisotopic (exact) mass is 366 g/mol. The van der Waals surface area contributed by atoms with Gasteiger partial charge in [0.25, 0.3) is 5.56 Å². The third-order valence-corrected chi connectivity index (χ3v) is 4.74. The maximum atomic E-state index is 12.8. The van der Waals surface area contributed by atoms with Gasteiger partial charge >= 0.3 is 11.7 Å². The van der Waals surface area contributed by atoms with Gasteiger partial charge in [0.15, 0.2) is 0 Å². The Bertz CT molecular complexity index is 1140. The predicted octanol–water partition coefficient (Wildman–Crippen LogP) is 2.54. The maximum absolute atomic E-state index is 12.8. The molecule has 0 N–H and O–H groups in total. The van der Waals surface area contributed by atoms with Crippen LogP contribution in [0.1, 0.15) is 34.0 Å². The molecule has 3 aromatic rings. The number of rotatable bonds is 4. The zero-order valence-corrected chi connectivity index (χ0v) is 15.9. The number of hydrogen-bond donors (Lipinski definition) is 0. The van der Waals surface area contributed by atoms with E-state index in [-0.39, 0.29) is 12.3 Å². The van der Waals surface area contributed by atoms with E-state index < -0.39 is 11.5 Å². The molecule has 0 saturated heterocycles. The number of benzene rings is 2. The second kappa shape index (κ2) is 7.23. The molecule has 3 rings (SSSR count). The van der Waals surface area contributed by atoms with E-state index in [0.717, 1.165) is 10.1 Å². The summed E-state index contributed by atoms with van der Waals surface area (Å²) in [7, 11) is 1.45. The molecule has 1 heterocycles. The second-order valence-corrected chi connectivity index (χ2v) is 6.53. The van der Waals surface area contributed by atoms with Crippen LogP contribution in [0, 0.1) is 13.8 Å². The van der Waals surface area contributed by atoms with E-state index in [1.54, 1.807) is 31.4 Å². The molecule has 0 radical (unpaired) electrons. The molecule has 0 atom stereocenters. The number of hydrogen-bond acceptors (Lipinski definition) is 4. The molecule has 0 fully saturated rings. The van der Waals surface area contributed by atoms with E-state index in [0.29, 0.717) is 34.1 Å². The van der Waals surface area contributed by atoms with E-state index in [1.807, 2.05) is 30.3 Å². The lowest BCUT2D eigenvalue weighted by molar-refractivity contribution is 0.0525. The highest BCUT2D eigenvalue weighted by Gasteiger charge is 2.21. The third-order valence-electron chi connectivity index (χ3n) is 4.74. The van der Waals surface area contributed by atoms with Crippen LogP contribution >= 0.6 is 0 Å². The lowest BCUT2D eigenvalue weighted by atomic mass is 9.98. The SMILES string of the molecule is CCOC(=O)c1c(C)cc2c(c1C)c(=O)n(C)c(=O)n2Cc1ccccc1. The smallest absolute Gasteiger partial charge is 0.338 e. The van der Waals surface area contributed by atoms with Crippen molar-refractivity contribution in [3.05, 3.63) is 79.5 Å². The largest absolute Gasteiger partial charge is 0.462 e. The van der Waals surface area contributed by atoms with Crippen LogP contribution in [0.2, 0.25) is 0 Å². The topological polar surface area (TPSA) is 70.3 Å². The molecule has 0 unspecified atom stereocenters.